The molecule has 3 unspecified atom stereocenters. The van der Waals surface area contributed by atoms with Crippen molar-refractivity contribution in [1.29, 1.82) is 0 Å². The molecule has 0 aliphatic heterocycles. The fourth-order valence-electron chi connectivity index (χ4n) is 3.46. The second-order valence-electron chi connectivity index (χ2n) is 8.95. The van der Waals surface area contributed by atoms with Gasteiger partial charge in [0.05, 0.1) is 0 Å². The van der Waals surface area contributed by atoms with Crippen LogP contribution in [0, 0.1) is 23.7 Å². The van der Waals surface area contributed by atoms with Crippen molar-refractivity contribution in [2.75, 3.05) is 0 Å². The Labute approximate surface area is 157 Å². The van der Waals surface area contributed by atoms with Crippen molar-refractivity contribution in [2.45, 2.75) is 105 Å². The van der Waals surface area contributed by atoms with E-state index in [1.54, 1.807) is 0 Å². The van der Waals surface area contributed by atoms with Gasteiger partial charge in [-0.1, -0.05) is 99.0 Å². The average molecular weight is 353 g/mol. The maximum atomic E-state index is 10.8. The van der Waals surface area contributed by atoms with E-state index in [0.29, 0.717) is 17.9 Å². The molecule has 0 aliphatic carbocycles. The van der Waals surface area contributed by atoms with Gasteiger partial charge < -0.3 is 5.11 Å². The SMILES string of the molecule is C=C(CCC(C)CCCC(C)CCCC(C)CCCC(C)C)C(=O)O. The van der Waals surface area contributed by atoms with E-state index in [2.05, 4.69) is 41.2 Å². The number of hydrogen-bond donors (Lipinski definition) is 1. The molecule has 0 aliphatic rings. The van der Waals surface area contributed by atoms with Crippen molar-refractivity contribution < 1.29 is 9.90 Å². The third-order valence-electron chi connectivity index (χ3n) is 5.51. The summed E-state index contributed by atoms with van der Waals surface area (Å²) in [7, 11) is 0. The molecule has 3 atom stereocenters. The molecule has 25 heavy (non-hydrogen) atoms. The third-order valence-corrected chi connectivity index (χ3v) is 5.51. The van der Waals surface area contributed by atoms with E-state index < -0.39 is 5.97 Å². The lowest BCUT2D eigenvalue weighted by molar-refractivity contribution is -0.132. The Bertz CT molecular complexity index is 359. The van der Waals surface area contributed by atoms with Crippen LogP contribution >= 0.6 is 0 Å². The van der Waals surface area contributed by atoms with Crippen molar-refractivity contribution in [1.82, 2.24) is 0 Å². The van der Waals surface area contributed by atoms with Gasteiger partial charge in [-0.25, -0.2) is 4.79 Å². The number of aliphatic carboxylic acids is 1. The van der Waals surface area contributed by atoms with Gasteiger partial charge >= 0.3 is 5.97 Å². The zero-order chi connectivity index (χ0) is 19.2. The topological polar surface area (TPSA) is 37.3 Å². The molecule has 0 radical (unpaired) electrons. The molecule has 0 saturated heterocycles. The minimum Gasteiger partial charge on any atom is -0.478 e. The lowest BCUT2D eigenvalue weighted by atomic mass is 9.90. The van der Waals surface area contributed by atoms with E-state index in [1.165, 1.54) is 57.8 Å². The minimum absolute atomic E-state index is 0.350. The molecule has 0 rings (SSSR count). The monoisotopic (exact) mass is 352 g/mol. The predicted octanol–water partition coefficient (Wildman–Crippen LogP) is 7.48. The highest BCUT2D eigenvalue weighted by molar-refractivity contribution is 5.85. The predicted molar refractivity (Wildman–Crippen MR) is 110 cm³/mol. The van der Waals surface area contributed by atoms with Crippen LogP contribution in [0.4, 0.5) is 0 Å². The smallest absolute Gasteiger partial charge is 0.330 e. The second kappa shape index (κ2) is 14.4. The molecule has 0 aromatic rings. The Morgan fingerprint density at radius 3 is 1.44 bits per heavy atom. The maximum absolute atomic E-state index is 10.8. The van der Waals surface area contributed by atoms with Crippen LogP contribution in [0.2, 0.25) is 0 Å². The summed E-state index contributed by atoms with van der Waals surface area (Å²) in [5, 5.41) is 8.84. The summed E-state index contributed by atoms with van der Waals surface area (Å²) in [4.78, 5) is 10.8. The van der Waals surface area contributed by atoms with Gasteiger partial charge in [0.15, 0.2) is 0 Å². The summed E-state index contributed by atoms with van der Waals surface area (Å²) in [6, 6.07) is 0. The molecule has 0 amide bonds. The van der Waals surface area contributed by atoms with E-state index >= 15 is 0 Å². The van der Waals surface area contributed by atoms with Crippen LogP contribution in [0.5, 0.6) is 0 Å². The molecule has 0 aromatic heterocycles. The van der Waals surface area contributed by atoms with E-state index in [4.69, 9.17) is 5.11 Å². The lowest BCUT2D eigenvalue weighted by Crippen LogP contribution is -2.03. The number of carbonyl (C=O) groups is 1. The van der Waals surface area contributed by atoms with Gasteiger partial charge in [-0.15, -0.1) is 0 Å². The Morgan fingerprint density at radius 2 is 1.08 bits per heavy atom. The van der Waals surface area contributed by atoms with Crippen LogP contribution in [-0.2, 0) is 4.79 Å². The van der Waals surface area contributed by atoms with Crippen molar-refractivity contribution in [2.24, 2.45) is 23.7 Å². The molecule has 0 spiro atoms. The molecule has 2 heteroatoms. The second-order valence-corrected chi connectivity index (χ2v) is 8.95. The standard InChI is InChI=1S/C23H44O2/c1-18(2)10-7-11-19(3)12-8-13-20(4)14-9-15-21(5)16-17-22(6)23(24)25/h18-21H,6-17H2,1-5H3,(H,24,25). The summed E-state index contributed by atoms with van der Waals surface area (Å²) in [5.41, 5.74) is 0.350. The molecule has 0 saturated carbocycles. The summed E-state index contributed by atoms with van der Waals surface area (Å²) < 4.78 is 0. The van der Waals surface area contributed by atoms with Gasteiger partial charge in [0.2, 0.25) is 0 Å². The van der Waals surface area contributed by atoms with Gasteiger partial charge in [0.25, 0.3) is 0 Å². The van der Waals surface area contributed by atoms with E-state index in [9.17, 15) is 4.79 Å². The van der Waals surface area contributed by atoms with Crippen LogP contribution in [0.25, 0.3) is 0 Å². The Hall–Kier alpha value is -0.790. The third kappa shape index (κ3) is 15.2. The summed E-state index contributed by atoms with van der Waals surface area (Å²) in [5.74, 6) is 2.30. The van der Waals surface area contributed by atoms with E-state index in [0.717, 1.165) is 24.2 Å². The zero-order valence-electron chi connectivity index (χ0n) is 17.7. The van der Waals surface area contributed by atoms with Gasteiger partial charge in [-0.3, -0.25) is 0 Å². The Balaban J connectivity index is 3.61. The normalized spacial score (nSPS) is 15.1. The number of hydrogen-bond acceptors (Lipinski definition) is 1. The number of carboxylic acids is 1. The van der Waals surface area contributed by atoms with Crippen LogP contribution < -0.4 is 0 Å². The number of rotatable bonds is 16. The largest absolute Gasteiger partial charge is 0.478 e. The first-order valence-corrected chi connectivity index (χ1v) is 10.6. The molecule has 0 fully saturated rings. The summed E-state index contributed by atoms with van der Waals surface area (Å²) in [6.07, 6.45) is 13.6. The maximum Gasteiger partial charge on any atom is 0.330 e. The molecule has 0 heterocycles. The molecule has 2 nitrogen and oxygen atoms in total. The first kappa shape index (κ1) is 24.2. The number of carboxylic acid groups (broad SMARTS) is 1. The van der Waals surface area contributed by atoms with Crippen LogP contribution in [0.1, 0.15) is 105 Å². The molecular weight excluding hydrogens is 308 g/mol. The first-order valence-electron chi connectivity index (χ1n) is 10.6. The Kier molecular flexibility index (Phi) is 13.9. The molecule has 0 aromatic carbocycles. The molecule has 0 bridgehead atoms. The quantitative estimate of drug-likeness (QED) is 0.292. The molecular formula is C23H44O2. The van der Waals surface area contributed by atoms with Gasteiger partial charge in [0, 0.05) is 5.57 Å². The van der Waals surface area contributed by atoms with Crippen LogP contribution in [0.15, 0.2) is 12.2 Å². The van der Waals surface area contributed by atoms with Gasteiger partial charge in [-0.2, -0.15) is 0 Å². The molecule has 148 valence electrons. The average Bonchev–Trinajstić information content (AvgIpc) is 2.52. The highest BCUT2D eigenvalue weighted by atomic mass is 16.4. The highest BCUT2D eigenvalue weighted by Gasteiger charge is 2.10. The minimum atomic E-state index is -0.848. The molecule has 1 N–H and O–H groups in total. The highest BCUT2D eigenvalue weighted by Crippen LogP contribution is 2.23. The van der Waals surface area contributed by atoms with E-state index in [-0.39, 0.29) is 0 Å². The van der Waals surface area contributed by atoms with Gasteiger partial charge in [0.1, 0.15) is 0 Å². The first-order chi connectivity index (χ1) is 11.7. The van der Waals surface area contributed by atoms with Crippen molar-refractivity contribution >= 4 is 5.97 Å². The lowest BCUT2D eigenvalue weighted by Gasteiger charge is -2.16. The zero-order valence-corrected chi connectivity index (χ0v) is 17.7. The van der Waals surface area contributed by atoms with Gasteiger partial charge in [-0.05, 0) is 36.5 Å². The summed E-state index contributed by atoms with van der Waals surface area (Å²) >= 11 is 0. The van der Waals surface area contributed by atoms with E-state index in [1.807, 2.05) is 0 Å². The van der Waals surface area contributed by atoms with Crippen LogP contribution in [-0.4, -0.2) is 11.1 Å². The summed E-state index contributed by atoms with van der Waals surface area (Å²) in [6.45, 7) is 15.3. The van der Waals surface area contributed by atoms with Crippen molar-refractivity contribution in [3.63, 3.8) is 0 Å². The fraction of sp³-hybridized carbons (Fsp3) is 0.870. The van der Waals surface area contributed by atoms with Crippen LogP contribution in [0.3, 0.4) is 0 Å². The Morgan fingerprint density at radius 1 is 0.720 bits per heavy atom. The van der Waals surface area contributed by atoms with Crippen molar-refractivity contribution in [3.8, 4) is 0 Å². The fourth-order valence-corrected chi connectivity index (χ4v) is 3.46. The van der Waals surface area contributed by atoms with Crippen molar-refractivity contribution in [3.05, 3.63) is 12.2 Å².